The van der Waals surface area contributed by atoms with Crippen molar-refractivity contribution in [2.24, 2.45) is 17.6 Å². The van der Waals surface area contributed by atoms with E-state index in [1.807, 2.05) is 41.5 Å². The highest BCUT2D eigenvalue weighted by Gasteiger charge is 2.24. The number of carbonyl (C=O) groups excluding carboxylic acids is 2. The van der Waals surface area contributed by atoms with E-state index in [1.54, 1.807) is 0 Å². The topological polar surface area (TPSA) is 72.2 Å². The van der Waals surface area contributed by atoms with Gasteiger partial charge in [-0.15, -0.1) is 0 Å². The quantitative estimate of drug-likeness (QED) is 0.765. The summed E-state index contributed by atoms with van der Waals surface area (Å²) < 4.78 is 0. The van der Waals surface area contributed by atoms with Gasteiger partial charge >= 0.3 is 0 Å². The van der Waals surface area contributed by atoms with Gasteiger partial charge in [0, 0.05) is 21.2 Å². The minimum Gasteiger partial charge on any atom is -0.370 e. The van der Waals surface area contributed by atoms with Gasteiger partial charge in [0.05, 0.1) is 0 Å². The first kappa shape index (κ1) is 17.3. The lowest BCUT2D eigenvalue weighted by Crippen LogP contribution is -2.39. The molecule has 0 aliphatic carbocycles. The number of rotatable bonds is 5. The predicted molar refractivity (Wildman–Crippen MR) is 71.0 cm³/mol. The summed E-state index contributed by atoms with van der Waals surface area (Å²) in [7, 11) is 0. The van der Waals surface area contributed by atoms with Crippen LogP contribution in [-0.4, -0.2) is 17.9 Å². The number of primary amides is 1. The fourth-order valence-corrected chi connectivity index (χ4v) is 1.24. The molecule has 4 heteroatoms. The molecule has 16 heavy (non-hydrogen) atoms. The van der Waals surface area contributed by atoms with Gasteiger partial charge in [-0.25, -0.2) is 0 Å². The lowest BCUT2D eigenvalue weighted by Gasteiger charge is -2.20. The maximum Gasteiger partial charge on any atom is 0.224 e. The Bertz CT molecular complexity index is 222. The molecular formula is C12H30N2O2. The van der Waals surface area contributed by atoms with Crippen molar-refractivity contribution in [3.8, 4) is 0 Å². The van der Waals surface area contributed by atoms with Crippen molar-refractivity contribution < 1.29 is 12.4 Å². The van der Waals surface area contributed by atoms with Crippen LogP contribution in [0, 0.1) is 11.8 Å². The molecule has 1 unspecified atom stereocenters. The zero-order valence-corrected chi connectivity index (χ0v) is 11.3. The van der Waals surface area contributed by atoms with E-state index in [0.717, 1.165) is 0 Å². The molecule has 0 radical (unpaired) electrons. The first-order valence-electron chi connectivity index (χ1n) is 5.93. The third kappa shape index (κ3) is 8.26. The SMILES string of the molecule is CC.CC(C)NC(=O)C(CC(N)=O)C(C)C.[HH].[HH]. The largest absolute Gasteiger partial charge is 0.370 e. The van der Waals surface area contributed by atoms with E-state index in [-0.39, 0.29) is 33.1 Å². The summed E-state index contributed by atoms with van der Waals surface area (Å²) in [6, 6.07) is 0.0941. The monoisotopic (exact) mass is 234 g/mol. The number of hydrogen-bond acceptors (Lipinski definition) is 2. The molecule has 3 N–H and O–H groups in total. The molecule has 2 amide bonds. The second-order valence-electron chi connectivity index (χ2n) is 4.18. The molecular weight excluding hydrogens is 204 g/mol. The number of carbonyl (C=O) groups is 2. The molecule has 4 nitrogen and oxygen atoms in total. The maximum atomic E-state index is 11.6. The van der Waals surface area contributed by atoms with Crippen molar-refractivity contribution in [1.82, 2.24) is 5.32 Å². The van der Waals surface area contributed by atoms with Crippen LogP contribution in [0.4, 0.5) is 0 Å². The summed E-state index contributed by atoms with van der Waals surface area (Å²) in [4.78, 5) is 22.4. The van der Waals surface area contributed by atoms with Gasteiger partial charge in [0.2, 0.25) is 11.8 Å². The van der Waals surface area contributed by atoms with E-state index in [4.69, 9.17) is 5.73 Å². The van der Waals surface area contributed by atoms with Gasteiger partial charge in [0.25, 0.3) is 0 Å². The van der Waals surface area contributed by atoms with Gasteiger partial charge in [-0.05, 0) is 19.8 Å². The van der Waals surface area contributed by atoms with Crippen LogP contribution < -0.4 is 11.1 Å². The molecule has 0 fully saturated rings. The lowest BCUT2D eigenvalue weighted by molar-refractivity contribution is -0.131. The number of nitrogens with one attached hydrogen (secondary N) is 1. The molecule has 0 aromatic heterocycles. The van der Waals surface area contributed by atoms with Crippen LogP contribution in [0.15, 0.2) is 0 Å². The van der Waals surface area contributed by atoms with Crippen LogP contribution >= 0.6 is 0 Å². The molecule has 0 aromatic rings. The normalized spacial score (nSPS) is 11.8. The Morgan fingerprint density at radius 3 is 1.88 bits per heavy atom. The molecule has 0 bridgehead atoms. The van der Waals surface area contributed by atoms with E-state index in [9.17, 15) is 9.59 Å². The first-order valence-corrected chi connectivity index (χ1v) is 5.93. The third-order valence-electron chi connectivity index (χ3n) is 1.99. The highest BCUT2D eigenvalue weighted by atomic mass is 16.2. The van der Waals surface area contributed by atoms with E-state index >= 15 is 0 Å². The molecule has 0 aliphatic heterocycles. The molecule has 0 aliphatic rings. The Balaban J connectivity index is -0.000000232. The number of amides is 2. The Morgan fingerprint density at radius 1 is 1.19 bits per heavy atom. The molecule has 1 atom stereocenters. The second kappa shape index (κ2) is 9.19. The maximum absolute atomic E-state index is 11.6. The summed E-state index contributed by atoms with van der Waals surface area (Å²) in [6.07, 6.45) is 0.121. The minimum absolute atomic E-state index is 0. The van der Waals surface area contributed by atoms with E-state index in [0.29, 0.717) is 0 Å². The molecule has 0 rings (SSSR count). The van der Waals surface area contributed by atoms with E-state index in [2.05, 4.69) is 5.32 Å². The third-order valence-corrected chi connectivity index (χ3v) is 1.99. The number of hydrogen-bond donors (Lipinski definition) is 2. The zero-order chi connectivity index (χ0) is 13.3. The molecule has 0 heterocycles. The van der Waals surface area contributed by atoms with Crippen molar-refractivity contribution in [1.29, 1.82) is 0 Å². The van der Waals surface area contributed by atoms with Crippen molar-refractivity contribution in [2.75, 3.05) is 0 Å². The molecule has 0 aromatic carbocycles. The fraction of sp³-hybridized carbons (Fsp3) is 0.833. The van der Waals surface area contributed by atoms with Crippen LogP contribution in [-0.2, 0) is 9.59 Å². The van der Waals surface area contributed by atoms with Crippen molar-refractivity contribution >= 4 is 11.8 Å². The predicted octanol–water partition coefficient (Wildman–Crippen LogP) is 2.18. The van der Waals surface area contributed by atoms with Crippen LogP contribution in [0.1, 0.15) is 50.8 Å². The fourth-order valence-electron chi connectivity index (χ4n) is 1.24. The van der Waals surface area contributed by atoms with Gasteiger partial charge < -0.3 is 11.1 Å². The van der Waals surface area contributed by atoms with Crippen molar-refractivity contribution in [2.45, 2.75) is 54.0 Å². The Kier molecular flexibility index (Phi) is 9.96. The Labute approximate surface area is 102 Å². The summed E-state index contributed by atoms with van der Waals surface area (Å²) >= 11 is 0. The Morgan fingerprint density at radius 2 is 1.62 bits per heavy atom. The highest BCUT2D eigenvalue weighted by Crippen LogP contribution is 2.15. The van der Waals surface area contributed by atoms with Crippen LogP contribution in [0.5, 0.6) is 0 Å². The van der Waals surface area contributed by atoms with Crippen LogP contribution in [0.3, 0.4) is 0 Å². The molecule has 0 saturated heterocycles. The van der Waals surface area contributed by atoms with Gasteiger partial charge in [-0.2, -0.15) is 0 Å². The van der Waals surface area contributed by atoms with E-state index < -0.39 is 5.91 Å². The van der Waals surface area contributed by atoms with Gasteiger partial charge in [0.1, 0.15) is 0 Å². The minimum atomic E-state index is -0.428. The van der Waals surface area contributed by atoms with E-state index in [1.165, 1.54) is 0 Å². The first-order chi connectivity index (χ1) is 7.34. The van der Waals surface area contributed by atoms with Crippen molar-refractivity contribution in [3.05, 3.63) is 0 Å². The number of nitrogens with two attached hydrogens (primary N) is 1. The standard InChI is InChI=1S/C10H20N2O2.C2H6.2H2/c1-6(2)8(5-9(11)13)10(14)12-7(3)4;1-2;;/h6-8H,5H2,1-4H3,(H2,11,13)(H,12,14);1-2H3;2*1H. The molecule has 100 valence electrons. The van der Waals surface area contributed by atoms with Gasteiger partial charge in [-0.1, -0.05) is 27.7 Å². The van der Waals surface area contributed by atoms with Crippen LogP contribution in [0.2, 0.25) is 0 Å². The Hall–Kier alpha value is -1.06. The molecule has 0 spiro atoms. The zero-order valence-electron chi connectivity index (χ0n) is 11.3. The van der Waals surface area contributed by atoms with Gasteiger partial charge in [0.15, 0.2) is 0 Å². The van der Waals surface area contributed by atoms with Crippen LogP contribution in [0.25, 0.3) is 0 Å². The average Bonchev–Trinajstić information content (AvgIpc) is 2.15. The second-order valence-corrected chi connectivity index (χ2v) is 4.18. The average molecular weight is 234 g/mol. The molecule has 0 saturated carbocycles. The summed E-state index contributed by atoms with van der Waals surface area (Å²) in [5, 5.41) is 2.78. The smallest absolute Gasteiger partial charge is 0.224 e. The summed E-state index contributed by atoms with van der Waals surface area (Å²) in [5.41, 5.74) is 5.08. The lowest BCUT2D eigenvalue weighted by atomic mass is 9.91. The highest BCUT2D eigenvalue weighted by molar-refractivity contribution is 5.85. The van der Waals surface area contributed by atoms with Crippen molar-refractivity contribution in [3.63, 3.8) is 0 Å². The van der Waals surface area contributed by atoms with Gasteiger partial charge in [-0.3, -0.25) is 9.59 Å². The summed E-state index contributed by atoms with van der Waals surface area (Å²) in [6.45, 7) is 11.6. The summed E-state index contributed by atoms with van der Waals surface area (Å²) in [5.74, 6) is -0.701.